The third kappa shape index (κ3) is 10.2. The molecular weight excluding hydrogens is 1020 g/mol. The average molecular weight is 1050 g/mol. The number of anilines is 2. The van der Waals surface area contributed by atoms with E-state index < -0.39 is 94.2 Å². The van der Waals surface area contributed by atoms with Gasteiger partial charge in [0, 0.05) is 0 Å². The predicted octanol–water partition coefficient (Wildman–Crippen LogP) is -1.70. The summed E-state index contributed by atoms with van der Waals surface area (Å²) in [5, 5.41) is 43.2. The molecule has 11 N–H and O–H groups in total. The summed E-state index contributed by atoms with van der Waals surface area (Å²) in [5.74, 6) is 0.0346. The Labute approximate surface area is 387 Å². The number of rotatable bonds is 16. The number of nitrogens with zero attached hydrogens (tertiary/aromatic N) is 8. The summed E-state index contributed by atoms with van der Waals surface area (Å²) in [6, 6.07) is 0. The second-order valence-corrected chi connectivity index (χ2v) is 27.8. The van der Waals surface area contributed by atoms with Crippen molar-refractivity contribution in [2.24, 2.45) is 0 Å². The van der Waals surface area contributed by atoms with E-state index in [2.05, 4.69) is 50.8 Å². The quantitative estimate of drug-likeness (QED) is 0.0149. The van der Waals surface area contributed by atoms with Crippen molar-refractivity contribution in [3.8, 4) is 0 Å². The van der Waals surface area contributed by atoms with Crippen LogP contribution in [0.1, 0.15) is 12.5 Å². The first-order valence-electron chi connectivity index (χ1n) is 15.8. The summed E-state index contributed by atoms with van der Waals surface area (Å²) in [7, 11) is -12.1. The van der Waals surface area contributed by atoms with Gasteiger partial charge >= 0.3 is 48.6 Å². The zero-order valence-corrected chi connectivity index (χ0v) is 40.9. The molecule has 60 heavy (non-hydrogen) atoms. The first-order chi connectivity index (χ1) is 27.3. The van der Waals surface area contributed by atoms with Crippen molar-refractivity contribution >= 4 is 133 Å². The second-order valence-electron chi connectivity index (χ2n) is 12.2. The number of nitrogens with two attached hydrogens (primary N) is 2. The fraction of sp³-hybridized carbons (Fsp3) is 0.565. The third-order valence-corrected chi connectivity index (χ3v) is 21.3. The molecule has 0 radical (unpaired) electrons. The number of hydrogen-bond donors (Lipinski definition) is 10. The minimum Gasteiger partial charge on any atom is -0.385 e. The van der Waals surface area contributed by atoms with Crippen LogP contribution in [0.3, 0.4) is 0 Å². The number of fused-ring (bicyclic) bond motifs is 2. The van der Waals surface area contributed by atoms with Gasteiger partial charge in [-0.25, -0.2) is 38.5 Å². The molecule has 2 saturated heterocycles. The van der Waals surface area contributed by atoms with Gasteiger partial charge < -0.3 is 65.5 Å². The van der Waals surface area contributed by atoms with Gasteiger partial charge in [-0.2, -0.15) is 0 Å². The van der Waals surface area contributed by atoms with Crippen LogP contribution in [0.2, 0.25) is 0 Å². The summed E-state index contributed by atoms with van der Waals surface area (Å²) in [4.78, 5) is 56.9. The summed E-state index contributed by atoms with van der Waals surface area (Å²) in [6.45, 7) is -9.63. The SMILES string of the molecule is CSc1nc(N)c2ncn([C@@H]3O[C@H](OCP(=O)(S)OP(=O)(O)C(Cl)(Cl)P(=O)(O)OP(O)(=S)CO[C@H]4O[C@@H](n5cnc6c(N)nc(SC)nc65)[C@H](O)[C@@H]4O)[C@@H](O)[C@H]3O)c2n1.[Na+]. The largest absolute Gasteiger partial charge is 1.00 e. The Morgan fingerprint density at radius 2 is 1.18 bits per heavy atom. The fourth-order valence-corrected chi connectivity index (χ4v) is 15.8. The molecule has 2 aliphatic rings. The standard InChI is InChI=1S/C23H32Cl2N10O16P4S4.Na/c1-58-21-30-13(26)7-15(32-21)34(3-28-7)17-9(36)11(38)19(48-17)46-5-52(40,56)50-54(42,43)23(24,25)55(44,45)51-53(41,57)6-47-20-12(39)10(37)18(49-20)35-4-29-8-14(27)31-22(59-2)33-16(8)35;/h3-4,9-12,17-20,36-39H,5-6H2,1-2H3,(H,40,56)(H,41,57)(H,42,43)(H,44,45)(H2,26,30,32)(H2,27,31,33);/q;+1/t9-,10-,11+,12+,17-,18-,19+,20+,52?,53?;/m1./s1. The third-order valence-electron chi connectivity index (χ3n) is 8.12. The topological polar surface area (TPSA) is 387 Å². The number of thiol groups is 1. The maximum atomic E-state index is 13.3. The molecule has 4 unspecified atom stereocenters. The van der Waals surface area contributed by atoms with E-state index in [1.165, 1.54) is 21.8 Å². The van der Waals surface area contributed by atoms with Gasteiger partial charge in [-0.3, -0.25) is 22.8 Å². The molecule has 6 heterocycles. The van der Waals surface area contributed by atoms with E-state index in [1.54, 1.807) is 12.5 Å². The average Bonchev–Trinajstić information content (AvgIpc) is 3.90. The second kappa shape index (κ2) is 19.2. The van der Waals surface area contributed by atoms with Gasteiger partial charge in [0.05, 0.1) is 12.7 Å². The number of halogens is 2. The van der Waals surface area contributed by atoms with Gasteiger partial charge in [0.25, 0.3) is 6.57 Å². The zero-order valence-electron chi connectivity index (χ0n) is 30.4. The molecule has 2 aliphatic heterocycles. The molecule has 0 aliphatic carbocycles. The monoisotopic (exact) mass is 1050 g/mol. The fourth-order valence-electron chi connectivity index (χ4n) is 5.37. The zero-order chi connectivity index (χ0) is 43.6. The van der Waals surface area contributed by atoms with E-state index in [0.717, 1.165) is 23.5 Å². The molecule has 37 heteroatoms. The van der Waals surface area contributed by atoms with Crippen molar-refractivity contribution in [3.63, 3.8) is 0 Å². The van der Waals surface area contributed by atoms with Gasteiger partial charge in [0.1, 0.15) is 48.1 Å². The summed E-state index contributed by atoms with van der Waals surface area (Å²) < 4.78 is 69.2. The van der Waals surface area contributed by atoms with Crippen LogP contribution in [0.5, 0.6) is 0 Å². The predicted molar refractivity (Wildman–Crippen MR) is 216 cm³/mol. The number of alkyl halides is 2. The van der Waals surface area contributed by atoms with Gasteiger partial charge in [0.2, 0.25) is 6.49 Å². The van der Waals surface area contributed by atoms with Crippen molar-refractivity contribution in [2.45, 2.75) is 63.6 Å². The summed E-state index contributed by atoms with van der Waals surface area (Å²) in [5.41, 5.74) is 12.4. The van der Waals surface area contributed by atoms with Crippen LogP contribution in [0.25, 0.3) is 22.3 Å². The van der Waals surface area contributed by atoms with Crippen LogP contribution < -0.4 is 41.0 Å². The molecule has 4 aromatic heterocycles. The van der Waals surface area contributed by atoms with Crippen LogP contribution in [-0.2, 0) is 53.1 Å². The van der Waals surface area contributed by atoms with Crippen LogP contribution in [0.4, 0.5) is 11.6 Å². The van der Waals surface area contributed by atoms with Crippen molar-refractivity contribution in [2.75, 3.05) is 36.7 Å². The van der Waals surface area contributed by atoms with E-state index in [0.29, 0.717) is 0 Å². The van der Waals surface area contributed by atoms with Gasteiger partial charge in [0.15, 0.2) is 58.3 Å². The number of thioether (sulfide) groups is 2. The van der Waals surface area contributed by atoms with E-state index >= 15 is 0 Å². The first kappa shape index (κ1) is 51.1. The Morgan fingerprint density at radius 1 is 0.783 bits per heavy atom. The number of nitrogen functional groups attached to an aromatic ring is 2. The molecule has 0 aromatic carbocycles. The molecule has 0 bridgehead atoms. The molecule has 4 aromatic rings. The minimum atomic E-state index is -6.06. The van der Waals surface area contributed by atoms with Gasteiger partial charge in [-0.15, -0.1) is 0 Å². The van der Waals surface area contributed by atoms with Crippen molar-refractivity contribution in [1.29, 1.82) is 0 Å². The number of aliphatic hydroxyl groups excluding tert-OH is 4. The van der Waals surface area contributed by atoms with Crippen molar-refractivity contribution in [1.82, 2.24) is 39.0 Å². The smallest absolute Gasteiger partial charge is 0.385 e. The van der Waals surface area contributed by atoms with Crippen molar-refractivity contribution in [3.05, 3.63) is 12.7 Å². The van der Waals surface area contributed by atoms with Gasteiger partial charge in [-0.05, 0) is 24.3 Å². The molecule has 0 spiro atoms. The van der Waals surface area contributed by atoms with Crippen LogP contribution in [-0.4, -0.2) is 140 Å². The normalized spacial score (nSPS) is 28.9. The molecule has 0 amide bonds. The minimum absolute atomic E-state index is 0. The molecule has 2 fully saturated rings. The molecule has 0 saturated carbocycles. The van der Waals surface area contributed by atoms with E-state index in [1.807, 2.05) is 0 Å². The Balaban J connectivity index is 0.00000683. The van der Waals surface area contributed by atoms with Crippen molar-refractivity contribution < 1.29 is 106 Å². The van der Waals surface area contributed by atoms with E-state index in [-0.39, 0.29) is 73.8 Å². The Hall–Kier alpha value is 0.150. The van der Waals surface area contributed by atoms with E-state index in [4.69, 9.17) is 65.4 Å². The number of ether oxygens (including phenoxy) is 4. The number of imidazole rings is 2. The molecule has 26 nitrogen and oxygen atoms in total. The molecule has 328 valence electrons. The number of aliphatic hydroxyl groups is 4. The van der Waals surface area contributed by atoms with Crippen LogP contribution >= 0.6 is 87.2 Å². The molecular formula is C23H32Cl2N10NaO16P4S4+. The Morgan fingerprint density at radius 3 is 1.60 bits per heavy atom. The summed E-state index contributed by atoms with van der Waals surface area (Å²) in [6.07, 6.45) is -10.2. The Bertz CT molecular complexity index is 2290. The molecule has 12 atom stereocenters. The van der Waals surface area contributed by atoms with Crippen LogP contribution in [0.15, 0.2) is 23.0 Å². The number of aromatic nitrogens is 8. The summed E-state index contributed by atoms with van der Waals surface area (Å²) >= 11 is 22.5. The first-order valence-corrected chi connectivity index (χ1v) is 28.0. The Kier molecular flexibility index (Phi) is 16.3. The van der Waals surface area contributed by atoms with Crippen LogP contribution in [0, 0.1) is 0 Å². The van der Waals surface area contributed by atoms with E-state index in [9.17, 15) is 48.8 Å². The number of hydrogen-bond acceptors (Lipinski definition) is 24. The maximum absolute atomic E-state index is 13.3. The van der Waals surface area contributed by atoms with Gasteiger partial charge in [-0.1, -0.05) is 59.0 Å². The molecule has 6 rings (SSSR count). The maximum Gasteiger partial charge on any atom is 1.00 e.